The van der Waals surface area contributed by atoms with Gasteiger partial charge in [0.1, 0.15) is 0 Å². The number of hydrogen-bond acceptors (Lipinski definition) is 2. The van der Waals surface area contributed by atoms with Crippen LogP contribution in [-0.2, 0) is 0 Å². The summed E-state index contributed by atoms with van der Waals surface area (Å²) >= 11 is 6.25. The van der Waals surface area contributed by atoms with Crippen molar-refractivity contribution in [1.82, 2.24) is 10.2 Å². The van der Waals surface area contributed by atoms with Crippen molar-refractivity contribution >= 4 is 11.6 Å². The Morgan fingerprint density at radius 3 is 2.25 bits per heavy atom. The highest BCUT2D eigenvalue weighted by atomic mass is 35.5. The molecular weight excluding hydrogens is 220 g/mol. The second-order valence-electron chi connectivity index (χ2n) is 4.79. The number of benzene rings is 1. The second kappa shape index (κ2) is 5.17. The number of rotatable bonds is 4. The molecule has 90 valence electrons. The van der Waals surface area contributed by atoms with Gasteiger partial charge in [0.25, 0.3) is 0 Å². The summed E-state index contributed by atoms with van der Waals surface area (Å²) in [6, 6.07) is 8.21. The molecule has 0 spiro atoms. The first-order valence-electron chi connectivity index (χ1n) is 5.50. The first-order chi connectivity index (χ1) is 7.41. The van der Waals surface area contributed by atoms with Crippen LogP contribution >= 0.6 is 11.6 Å². The molecule has 0 fully saturated rings. The van der Waals surface area contributed by atoms with Crippen molar-refractivity contribution in [2.24, 2.45) is 0 Å². The standard InChI is InChI=1S/C13H21ClN2/c1-13(2,16(4)5)12(15-3)10-8-6-7-9-11(10)14/h6-9,12,15H,1-5H3. The molecule has 2 nitrogen and oxygen atoms in total. The van der Waals surface area contributed by atoms with E-state index in [9.17, 15) is 0 Å². The molecule has 0 saturated carbocycles. The molecule has 0 bridgehead atoms. The molecule has 0 amide bonds. The molecule has 16 heavy (non-hydrogen) atoms. The van der Waals surface area contributed by atoms with E-state index >= 15 is 0 Å². The second-order valence-corrected chi connectivity index (χ2v) is 5.20. The number of nitrogens with zero attached hydrogens (tertiary/aromatic N) is 1. The zero-order chi connectivity index (χ0) is 12.3. The third-order valence-corrected chi connectivity index (χ3v) is 3.71. The molecule has 0 aliphatic heterocycles. The molecule has 0 aliphatic carbocycles. The average Bonchev–Trinajstić information content (AvgIpc) is 2.21. The predicted molar refractivity (Wildman–Crippen MR) is 71.0 cm³/mol. The maximum Gasteiger partial charge on any atom is 0.0513 e. The Kier molecular flexibility index (Phi) is 4.36. The highest BCUT2D eigenvalue weighted by molar-refractivity contribution is 6.31. The zero-order valence-corrected chi connectivity index (χ0v) is 11.5. The van der Waals surface area contributed by atoms with Crippen LogP contribution in [0.4, 0.5) is 0 Å². The molecule has 0 aliphatic rings. The van der Waals surface area contributed by atoms with Crippen LogP contribution in [0, 0.1) is 0 Å². The van der Waals surface area contributed by atoms with Gasteiger partial charge in [-0.1, -0.05) is 29.8 Å². The number of nitrogens with one attached hydrogen (secondary N) is 1. The van der Waals surface area contributed by atoms with Crippen LogP contribution in [0.25, 0.3) is 0 Å². The van der Waals surface area contributed by atoms with Gasteiger partial charge >= 0.3 is 0 Å². The van der Waals surface area contributed by atoms with Gasteiger partial charge in [0.05, 0.1) is 6.04 Å². The van der Waals surface area contributed by atoms with Gasteiger partial charge in [0.2, 0.25) is 0 Å². The first kappa shape index (κ1) is 13.5. The quantitative estimate of drug-likeness (QED) is 0.871. The van der Waals surface area contributed by atoms with Crippen molar-refractivity contribution in [3.63, 3.8) is 0 Å². The Bertz CT molecular complexity index is 348. The van der Waals surface area contributed by atoms with Crippen molar-refractivity contribution < 1.29 is 0 Å². The van der Waals surface area contributed by atoms with Crippen LogP contribution in [0.5, 0.6) is 0 Å². The third kappa shape index (κ3) is 2.57. The van der Waals surface area contributed by atoms with Gasteiger partial charge in [-0.25, -0.2) is 0 Å². The van der Waals surface area contributed by atoms with Gasteiger partial charge in [-0.3, -0.25) is 0 Å². The van der Waals surface area contributed by atoms with Gasteiger partial charge in [-0.15, -0.1) is 0 Å². The van der Waals surface area contributed by atoms with Crippen molar-refractivity contribution in [2.45, 2.75) is 25.4 Å². The Morgan fingerprint density at radius 2 is 1.81 bits per heavy atom. The van der Waals surface area contributed by atoms with E-state index in [1.807, 2.05) is 25.2 Å². The summed E-state index contributed by atoms with van der Waals surface area (Å²) in [6.07, 6.45) is 0. The van der Waals surface area contributed by atoms with E-state index in [1.165, 1.54) is 0 Å². The summed E-state index contributed by atoms with van der Waals surface area (Å²) in [4.78, 5) is 2.21. The van der Waals surface area contributed by atoms with Crippen molar-refractivity contribution in [2.75, 3.05) is 21.1 Å². The van der Waals surface area contributed by atoms with Gasteiger partial charge < -0.3 is 10.2 Å². The summed E-state index contributed by atoms with van der Waals surface area (Å²) < 4.78 is 0. The topological polar surface area (TPSA) is 15.3 Å². The van der Waals surface area contributed by atoms with E-state index in [2.05, 4.69) is 44.2 Å². The van der Waals surface area contributed by atoms with Gasteiger partial charge in [0.15, 0.2) is 0 Å². The Balaban J connectivity index is 3.13. The lowest BCUT2D eigenvalue weighted by Gasteiger charge is -2.40. The summed E-state index contributed by atoms with van der Waals surface area (Å²) in [5.41, 5.74) is 1.14. The molecule has 1 N–H and O–H groups in total. The molecule has 1 aromatic rings. The maximum atomic E-state index is 6.25. The van der Waals surface area contributed by atoms with Crippen LogP contribution in [0.15, 0.2) is 24.3 Å². The minimum absolute atomic E-state index is 0.000255. The van der Waals surface area contributed by atoms with E-state index in [-0.39, 0.29) is 11.6 Å². The van der Waals surface area contributed by atoms with Crippen molar-refractivity contribution in [3.05, 3.63) is 34.9 Å². The van der Waals surface area contributed by atoms with Gasteiger partial charge in [-0.05, 0) is 46.6 Å². The summed E-state index contributed by atoms with van der Waals surface area (Å²) in [6.45, 7) is 4.41. The molecule has 0 saturated heterocycles. The van der Waals surface area contributed by atoms with Gasteiger partial charge in [-0.2, -0.15) is 0 Å². The van der Waals surface area contributed by atoms with Crippen LogP contribution in [0.3, 0.4) is 0 Å². The fourth-order valence-corrected chi connectivity index (χ4v) is 2.10. The molecule has 1 rings (SSSR count). The molecule has 1 unspecified atom stereocenters. The number of likely N-dealkylation sites (N-methyl/N-ethyl adjacent to an activating group) is 2. The van der Waals surface area contributed by atoms with Crippen LogP contribution in [-0.4, -0.2) is 31.6 Å². The third-order valence-electron chi connectivity index (χ3n) is 3.36. The minimum atomic E-state index is -0.000255. The van der Waals surface area contributed by atoms with Crippen molar-refractivity contribution in [3.8, 4) is 0 Å². The molecule has 0 aromatic heterocycles. The molecule has 1 aromatic carbocycles. The van der Waals surface area contributed by atoms with Gasteiger partial charge in [0, 0.05) is 10.6 Å². The van der Waals surface area contributed by atoms with E-state index in [0.29, 0.717) is 0 Å². The highest BCUT2D eigenvalue weighted by Crippen LogP contribution is 2.32. The van der Waals surface area contributed by atoms with Crippen molar-refractivity contribution in [1.29, 1.82) is 0 Å². The van der Waals surface area contributed by atoms with E-state index < -0.39 is 0 Å². The fraction of sp³-hybridized carbons (Fsp3) is 0.538. The maximum absolute atomic E-state index is 6.25. The highest BCUT2D eigenvalue weighted by Gasteiger charge is 2.32. The Hall–Kier alpha value is -0.570. The fourth-order valence-electron chi connectivity index (χ4n) is 1.86. The van der Waals surface area contributed by atoms with E-state index in [1.54, 1.807) is 0 Å². The molecule has 0 heterocycles. The monoisotopic (exact) mass is 240 g/mol. The smallest absolute Gasteiger partial charge is 0.0513 e. The first-order valence-corrected chi connectivity index (χ1v) is 5.88. The Labute approximate surface area is 104 Å². The lowest BCUT2D eigenvalue weighted by atomic mass is 9.87. The Morgan fingerprint density at radius 1 is 1.25 bits per heavy atom. The molecular formula is C13H21ClN2. The number of hydrogen-bond donors (Lipinski definition) is 1. The van der Waals surface area contributed by atoms with Crippen LogP contribution < -0.4 is 5.32 Å². The SMILES string of the molecule is CNC(c1ccccc1Cl)C(C)(C)N(C)C. The summed E-state index contributed by atoms with van der Waals surface area (Å²) in [7, 11) is 6.14. The molecule has 3 heteroatoms. The normalized spacial score (nSPS) is 14.2. The zero-order valence-electron chi connectivity index (χ0n) is 10.7. The molecule has 0 radical (unpaired) electrons. The average molecular weight is 241 g/mol. The minimum Gasteiger partial charge on any atom is -0.311 e. The number of halogens is 1. The lowest BCUT2D eigenvalue weighted by molar-refractivity contribution is 0.142. The summed E-state index contributed by atoms with van der Waals surface area (Å²) in [5.74, 6) is 0. The molecule has 1 atom stereocenters. The summed E-state index contributed by atoms with van der Waals surface area (Å²) in [5, 5.41) is 4.17. The van der Waals surface area contributed by atoms with Crippen LogP contribution in [0.1, 0.15) is 25.5 Å². The van der Waals surface area contributed by atoms with E-state index in [0.717, 1.165) is 10.6 Å². The lowest BCUT2D eigenvalue weighted by Crippen LogP contribution is -2.48. The predicted octanol–water partition coefficient (Wildman–Crippen LogP) is 2.94. The van der Waals surface area contributed by atoms with E-state index in [4.69, 9.17) is 11.6 Å². The largest absolute Gasteiger partial charge is 0.311 e. The van der Waals surface area contributed by atoms with Crippen LogP contribution in [0.2, 0.25) is 5.02 Å².